The first-order valence-electron chi connectivity index (χ1n) is 7.29. The van der Waals surface area contributed by atoms with Gasteiger partial charge in [-0.15, -0.1) is 0 Å². The Hall–Kier alpha value is -1.35. The third kappa shape index (κ3) is 3.46. The Morgan fingerprint density at radius 2 is 1.76 bits per heavy atom. The van der Waals surface area contributed by atoms with Gasteiger partial charge in [-0.3, -0.25) is 0 Å². The Labute approximate surface area is 127 Å². The third-order valence-electron chi connectivity index (χ3n) is 3.88. The fourth-order valence-corrected chi connectivity index (χ4v) is 4.74. The molecule has 0 amide bonds. The Balaban J connectivity index is 2.30. The molecule has 1 heterocycles. The van der Waals surface area contributed by atoms with Crippen LogP contribution in [0.5, 0.6) is 0 Å². The van der Waals surface area contributed by atoms with Crippen molar-refractivity contribution < 1.29 is 8.42 Å². The summed E-state index contributed by atoms with van der Waals surface area (Å²) in [6.07, 6.45) is 2.93. The van der Waals surface area contributed by atoms with Crippen LogP contribution in [0.4, 0.5) is 0 Å². The van der Waals surface area contributed by atoms with Crippen LogP contribution in [0.2, 0.25) is 0 Å². The van der Waals surface area contributed by atoms with Crippen molar-refractivity contribution in [3.05, 3.63) is 29.8 Å². The zero-order chi connectivity index (χ0) is 15.5. The van der Waals surface area contributed by atoms with Gasteiger partial charge < -0.3 is 5.73 Å². The Morgan fingerprint density at radius 3 is 2.29 bits per heavy atom. The van der Waals surface area contributed by atoms with E-state index in [1.807, 2.05) is 13.8 Å². The van der Waals surface area contributed by atoms with Crippen molar-refractivity contribution in [1.82, 2.24) is 4.31 Å². The van der Waals surface area contributed by atoms with Crippen molar-refractivity contribution in [3.8, 4) is 11.8 Å². The molecule has 1 saturated heterocycles. The molecule has 0 aromatic heterocycles. The number of rotatable bonds is 2. The van der Waals surface area contributed by atoms with Crippen molar-refractivity contribution in [2.24, 2.45) is 5.73 Å². The second-order valence-corrected chi connectivity index (χ2v) is 7.34. The number of nitrogens with zero attached hydrogens (tertiary/aromatic N) is 1. The van der Waals surface area contributed by atoms with Crippen LogP contribution in [0.15, 0.2) is 29.2 Å². The average Bonchev–Trinajstić information content (AvgIpc) is 2.45. The summed E-state index contributed by atoms with van der Waals surface area (Å²) in [5.41, 5.74) is 6.10. The molecule has 0 radical (unpaired) electrons. The topological polar surface area (TPSA) is 63.4 Å². The van der Waals surface area contributed by atoms with Gasteiger partial charge in [0, 0.05) is 17.6 Å². The van der Waals surface area contributed by atoms with Gasteiger partial charge >= 0.3 is 0 Å². The molecule has 0 saturated carbocycles. The predicted octanol–water partition coefficient (Wildman–Crippen LogP) is 1.95. The van der Waals surface area contributed by atoms with E-state index in [1.165, 1.54) is 0 Å². The molecule has 0 aliphatic carbocycles. The van der Waals surface area contributed by atoms with E-state index in [4.69, 9.17) is 5.73 Å². The zero-order valence-corrected chi connectivity index (χ0v) is 13.4. The van der Waals surface area contributed by atoms with Gasteiger partial charge in [0.2, 0.25) is 10.0 Å². The minimum Gasteiger partial charge on any atom is -0.320 e. The van der Waals surface area contributed by atoms with E-state index in [-0.39, 0.29) is 12.1 Å². The number of hydrogen-bond acceptors (Lipinski definition) is 3. The van der Waals surface area contributed by atoms with Crippen molar-refractivity contribution in [3.63, 3.8) is 0 Å². The molecule has 5 heteroatoms. The van der Waals surface area contributed by atoms with Crippen LogP contribution < -0.4 is 5.73 Å². The molecule has 2 rings (SSSR count). The first-order chi connectivity index (χ1) is 9.96. The summed E-state index contributed by atoms with van der Waals surface area (Å²) in [5.74, 6) is 5.65. The lowest BCUT2D eigenvalue weighted by Crippen LogP contribution is -2.47. The highest BCUT2D eigenvalue weighted by Crippen LogP contribution is 2.29. The smallest absolute Gasteiger partial charge is 0.243 e. The van der Waals surface area contributed by atoms with Crippen molar-refractivity contribution in [2.45, 2.75) is 50.1 Å². The highest BCUT2D eigenvalue weighted by Gasteiger charge is 2.35. The highest BCUT2D eigenvalue weighted by atomic mass is 32.2. The summed E-state index contributed by atoms with van der Waals surface area (Å²) in [5, 5.41) is 0. The van der Waals surface area contributed by atoms with E-state index in [1.54, 1.807) is 28.6 Å². The van der Waals surface area contributed by atoms with Crippen LogP contribution in [0.25, 0.3) is 0 Å². The molecule has 1 aromatic carbocycles. The van der Waals surface area contributed by atoms with Crippen LogP contribution >= 0.6 is 0 Å². The first kappa shape index (κ1) is 16.0. The van der Waals surface area contributed by atoms with Crippen LogP contribution in [-0.2, 0) is 10.0 Å². The molecule has 1 aliphatic heterocycles. The lowest BCUT2D eigenvalue weighted by molar-refractivity contribution is 0.204. The number of benzene rings is 1. The molecule has 2 N–H and O–H groups in total. The molecule has 114 valence electrons. The minimum atomic E-state index is -3.44. The maximum atomic E-state index is 12.8. The van der Waals surface area contributed by atoms with Crippen molar-refractivity contribution >= 4 is 10.0 Å². The van der Waals surface area contributed by atoms with E-state index in [0.29, 0.717) is 11.4 Å². The molecule has 0 unspecified atom stereocenters. The van der Waals surface area contributed by atoms with Gasteiger partial charge in [0.25, 0.3) is 0 Å². The van der Waals surface area contributed by atoms with Gasteiger partial charge in [-0.05, 0) is 51.0 Å². The van der Waals surface area contributed by atoms with Crippen molar-refractivity contribution in [2.75, 3.05) is 6.54 Å². The standard InChI is InChI=1S/C16H22N2O2S/c1-13-5-3-6-14(2)18(13)21(19,20)16-10-8-15(9-11-16)7-4-12-17/h8-11,13-14H,3,5-6,12,17H2,1-2H3/t13-,14+. The lowest BCUT2D eigenvalue weighted by Gasteiger charge is -2.37. The SMILES string of the molecule is C[C@@H]1CCC[C@H](C)N1S(=O)(=O)c1ccc(C#CCN)cc1. The number of nitrogens with two attached hydrogens (primary N) is 1. The van der Waals surface area contributed by atoms with E-state index >= 15 is 0 Å². The third-order valence-corrected chi connectivity index (χ3v) is 6.02. The Bertz CT molecular complexity index is 631. The quantitative estimate of drug-likeness (QED) is 0.849. The normalized spacial score (nSPS) is 23.4. The summed E-state index contributed by atoms with van der Waals surface area (Å²) in [6, 6.07) is 6.82. The van der Waals surface area contributed by atoms with Crippen LogP contribution in [0.1, 0.15) is 38.7 Å². The van der Waals surface area contributed by atoms with E-state index < -0.39 is 10.0 Å². The highest BCUT2D eigenvalue weighted by molar-refractivity contribution is 7.89. The molecule has 1 fully saturated rings. The average molecular weight is 306 g/mol. The van der Waals surface area contributed by atoms with Gasteiger partial charge in [-0.25, -0.2) is 8.42 Å². The van der Waals surface area contributed by atoms with Crippen LogP contribution in [0.3, 0.4) is 0 Å². The van der Waals surface area contributed by atoms with E-state index in [0.717, 1.165) is 24.8 Å². The molecule has 4 nitrogen and oxygen atoms in total. The lowest BCUT2D eigenvalue weighted by atomic mass is 10.0. The Kier molecular flexibility index (Phi) is 5.04. The minimum absolute atomic E-state index is 0.0514. The maximum Gasteiger partial charge on any atom is 0.243 e. The molecule has 2 atom stereocenters. The molecular formula is C16H22N2O2S. The predicted molar refractivity (Wildman–Crippen MR) is 84.2 cm³/mol. The van der Waals surface area contributed by atoms with Crippen LogP contribution in [-0.4, -0.2) is 31.4 Å². The zero-order valence-electron chi connectivity index (χ0n) is 12.5. The number of hydrogen-bond donors (Lipinski definition) is 1. The maximum absolute atomic E-state index is 12.8. The summed E-state index contributed by atoms with van der Waals surface area (Å²) in [6.45, 7) is 4.26. The summed E-state index contributed by atoms with van der Waals surface area (Å²) < 4.78 is 27.3. The second kappa shape index (κ2) is 6.61. The first-order valence-corrected chi connectivity index (χ1v) is 8.73. The van der Waals surface area contributed by atoms with E-state index in [9.17, 15) is 8.42 Å². The molecule has 1 aliphatic rings. The number of sulfonamides is 1. The largest absolute Gasteiger partial charge is 0.320 e. The summed E-state index contributed by atoms with van der Waals surface area (Å²) >= 11 is 0. The van der Waals surface area contributed by atoms with Gasteiger partial charge in [-0.1, -0.05) is 18.3 Å². The van der Waals surface area contributed by atoms with E-state index in [2.05, 4.69) is 11.8 Å². The van der Waals surface area contributed by atoms with Crippen LogP contribution in [0, 0.1) is 11.8 Å². The fraction of sp³-hybridized carbons (Fsp3) is 0.500. The van der Waals surface area contributed by atoms with Gasteiger partial charge in [-0.2, -0.15) is 4.31 Å². The monoisotopic (exact) mass is 306 g/mol. The summed E-state index contributed by atoms with van der Waals surface area (Å²) in [4.78, 5) is 0.335. The second-order valence-electron chi connectivity index (χ2n) is 5.49. The van der Waals surface area contributed by atoms with Crippen molar-refractivity contribution in [1.29, 1.82) is 0 Å². The Morgan fingerprint density at radius 1 is 1.19 bits per heavy atom. The molecule has 0 bridgehead atoms. The number of piperidine rings is 1. The van der Waals surface area contributed by atoms with Gasteiger partial charge in [0.15, 0.2) is 0 Å². The van der Waals surface area contributed by atoms with Gasteiger partial charge in [0.1, 0.15) is 0 Å². The summed E-state index contributed by atoms with van der Waals surface area (Å²) in [7, 11) is -3.44. The molecule has 21 heavy (non-hydrogen) atoms. The molecule has 1 aromatic rings. The fourth-order valence-electron chi connectivity index (χ4n) is 2.86. The molecular weight excluding hydrogens is 284 g/mol. The molecule has 0 spiro atoms. The van der Waals surface area contributed by atoms with Gasteiger partial charge in [0.05, 0.1) is 11.4 Å².